The Balaban J connectivity index is 2.16. The lowest BCUT2D eigenvalue weighted by Crippen LogP contribution is -2.23. The van der Waals surface area contributed by atoms with Crippen molar-refractivity contribution < 1.29 is 0 Å². The summed E-state index contributed by atoms with van der Waals surface area (Å²) < 4.78 is 2.16. The van der Waals surface area contributed by atoms with Crippen molar-refractivity contribution in [3.63, 3.8) is 0 Å². The van der Waals surface area contributed by atoms with E-state index in [4.69, 9.17) is 5.26 Å². The second-order valence-electron chi connectivity index (χ2n) is 4.83. The summed E-state index contributed by atoms with van der Waals surface area (Å²) in [4.78, 5) is 0. The minimum absolute atomic E-state index is 0.542. The Bertz CT molecular complexity index is 372. The van der Waals surface area contributed by atoms with Gasteiger partial charge in [-0.25, -0.2) is 0 Å². The fourth-order valence-electron chi connectivity index (χ4n) is 2.58. The zero-order valence-electron chi connectivity index (χ0n) is 9.48. The molecule has 3 unspecified atom stereocenters. The van der Waals surface area contributed by atoms with Crippen molar-refractivity contribution in [1.29, 1.82) is 5.26 Å². The van der Waals surface area contributed by atoms with Crippen LogP contribution >= 0.6 is 0 Å². The molecule has 0 radical (unpaired) electrons. The first-order valence-corrected chi connectivity index (χ1v) is 5.79. The summed E-state index contributed by atoms with van der Waals surface area (Å²) in [6, 6.07) is 6.68. The number of hydrogen-bond acceptors (Lipinski definition) is 1. The zero-order chi connectivity index (χ0) is 10.8. The van der Waals surface area contributed by atoms with Crippen LogP contribution in [-0.2, 0) is 0 Å². The summed E-state index contributed by atoms with van der Waals surface area (Å²) in [6.07, 6.45) is 5.76. The lowest BCUT2D eigenvalue weighted by Gasteiger charge is -2.33. The molecule has 0 bridgehead atoms. The Hall–Kier alpha value is -1.23. The van der Waals surface area contributed by atoms with Crippen LogP contribution in [0.15, 0.2) is 18.3 Å². The normalized spacial score (nSPS) is 31.1. The first kappa shape index (κ1) is 10.3. The van der Waals surface area contributed by atoms with E-state index < -0.39 is 0 Å². The number of hydrogen-bond donors (Lipinski definition) is 0. The molecule has 0 amide bonds. The van der Waals surface area contributed by atoms with Gasteiger partial charge < -0.3 is 4.57 Å². The summed E-state index contributed by atoms with van der Waals surface area (Å²) in [5.41, 5.74) is 0.807. The highest BCUT2D eigenvalue weighted by Gasteiger charge is 2.26. The second kappa shape index (κ2) is 4.10. The van der Waals surface area contributed by atoms with Crippen molar-refractivity contribution in [2.45, 2.75) is 39.2 Å². The van der Waals surface area contributed by atoms with Crippen LogP contribution in [0, 0.1) is 23.2 Å². The highest BCUT2D eigenvalue weighted by Crippen LogP contribution is 2.36. The van der Waals surface area contributed by atoms with Gasteiger partial charge in [0.15, 0.2) is 0 Å². The fraction of sp³-hybridized carbons (Fsp3) is 0.615. The SMILES string of the molecule is CC1CCC(n2cccc2C#N)CC1C. The summed E-state index contributed by atoms with van der Waals surface area (Å²) in [6.45, 7) is 4.66. The summed E-state index contributed by atoms with van der Waals surface area (Å²) >= 11 is 0. The van der Waals surface area contributed by atoms with Gasteiger partial charge in [-0.15, -0.1) is 0 Å². The fourth-order valence-corrected chi connectivity index (χ4v) is 2.58. The Labute approximate surface area is 91.5 Å². The smallest absolute Gasteiger partial charge is 0.120 e. The minimum Gasteiger partial charge on any atom is -0.336 e. The summed E-state index contributed by atoms with van der Waals surface area (Å²) in [5, 5.41) is 8.99. The molecule has 15 heavy (non-hydrogen) atoms. The number of aromatic nitrogens is 1. The Kier molecular flexibility index (Phi) is 2.81. The molecule has 3 atom stereocenters. The maximum atomic E-state index is 8.99. The molecule has 0 aliphatic heterocycles. The van der Waals surface area contributed by atoms with Crippen LogP contribution in [0.2, 0.25) is 0 Å². The molecule has 1 aliphatic carbocycles. The van der Waals surface area contributed by atoms with Gasteiger partial charge in [-0.2, -0.15) is 5.26 Å². The van der Waals surface area contributed by atoms with Gasteiger partial charge in [0.2, 0.25) is 0 Å². The van der Waals surface area contributed by atoms with E-state index in [1.807, 2.05) is 18.3 Å². The van der Waals surface area contributed by atoms with Crippen molar-refractivity contribution in [1.82, 2.24) is 4.57 Å². The molecule has 1 aromatic heterocycles. The standard InChI is InChI=1S/C13H18N2/c1-10-5-6-12(8-11(10)2)15-7-3-4-13(15)9-14/h3-4,7,10-12H,5-6,8H2,1-2H3. The maximum absolute atomic E-state index is 8.99. The van der Waals surface area contributed by atoms with Gasteiger partial charge in [-0.3, -0.25) is 0 Å². The van der Waals surface area contributed by atoms with Gasteiger partial charge in [0, 0.05) is 12.2 Å². The van der Waals surface area contributed by atoms with Gasteiger partial charge in [0.05, 0.1) is 0 Å². The largest absolute Gasteiger partial charge is 0.336 e. The number of nitrogens with zero attached hydrogens (tertiary/aromatic N) is 2. The average Bonchev–Trinajstić information content (AvgIpc) is 2.70. The van der Waals surface area contributed by atoms with E-state index in [1.165, 1.54) is 19.3 Å². The molecular formula is C13H18N2. The third-order valence-corrected chi connectivity index (χ3v) is 3.86. The Morgan fingerprint density at radius 1 is 1.33 bits per heavy atom. The van der Waals surface area contributed by atoms with Crippen LogP contribution < -0.4 is 0 Å². The maximum Gasteiger partial charge on any atom is 0.120 e. The summed E-state index contributed by atoms with van der Waals surface area (Å²) in [7, 11) is 0. The lowest BCUT2D eigenvalue weighted by atomic mass is 9.79. The molecule has 1 saturated carbocycles. The molecule has 80 valence electrons. The molecular weight excluding hydrogens is 184 g/mol. The van der Waals surface area contributed by atoms with Crippen molar-refractivity contribution in [2.24, 2.45) is 11.8 Å². The molecule has 0 saturated heterocycles. The van der Waals surface area contributed by atoms with Crippen molar-refractivity contribution in [3.8, 4) is 6.07 Å². The molecule has 1 aliphatic rings. The van der Waals surface area contributed by atoms with Gasteiger partial charge >= 0.3 is 0 Å². The van der Waals surface area contributed by atoms with Gasteiger partial charge in [0.1, 0.15) is 11.8 Å². The molecule has 0 N–H and O–H groups in total. The first-order chi connectivity index (χ1) is 7.22. The predicted molar refractivity (Wildman–Crippen MR) is 60.4 cm³/mol. The molecule has 1 aromatic rings. The van der Waals surface area contributed by atoms with E-state index >= 15 is 0 Å². The van der Waals surface area contributed by atoms with Crippen LogP contribution in [0.1, 0.15) is 44.8 Å². The number of nitriles is 1. The lowest BCUT2D eigenvalue weighted by molar-refractivity contribution is 0.210. The van der Waals surface area contributed by atoms with Gasteiger partial charge in [0.25, 0.3) is 0 Å². The van der Waals surface area contributed by atoms with Crippen LogP contribution in [0.5, 0.6) is 0 Å². The molecule has 1 fully saturated rings. The third kappa shape index (κ3) is 1.92. The van der Waals surface area contributed by atoms with E-state index in [0.717, 1.165) is 17.5 Å². The highest BCUT2D eigenvalue weighted by atomic mass is 15.0. The van der Waals surface area contributed by atoms with E-state index in [-0.39, 0.29) is 0 Å². The van der Waals surface area contributed by atoms with E-state index in [2.05, 4.69) is 24.5 Å². The van der Waals surface area contributed by atoms with Gasteiger partial charge in [-0.1, -0.05) is 13.8 Å². The number of rotatable bonds is 1. The van der Waals surface area contributed by atoms with Crippen LogP contribution in [-0.4, -0.2) is 4.57 Å². The van der Waals surface area contributed by atoms with Gasteiger partial charge in [-0.05, 0) is 43.2 Å². The molecule has 0 aromatic carbocycles. The highest BCUT2D eigenvalue weighted by molar-refractivity contribution is 5.23. The molecule has 2 rings (SSSR count). The van der Waals surface area contributed by atoms with Crippen molar-refractivity contribution in [2.75, 3.05) is 0 Å². The second-order valence-corrected chi connectivity index (χ2v) is 4.83. The monoisotopic (exact) mass is 202 g/mol. The molecule has 2 heteroatoms. The van der Waals surface area contributed by atoms with Crippen molar-refractivity contribution in [3.05, 3.63) is 24.0 Å². The zero-order valence-corrected chi connectivity index (χ0v) is 9.48. The van der Waals surface area contributed by atoms with E-state index in [0.29, 0.717) is 6.04 Å². The quantitative estimate of drug-likeness (QED) is 0.686. The van der Waals surface area contributed by atoms with E-state index in [1.54, 1.807) is 0 Å². The summed E-state index contributed by atoms with van der Waals surface area (Å²) in [5.74, 6) is 1.61. The van der Waals surface area contributed by atoms with Crippen molar-refractivity contribution >= 4 is 0 Å². The minimum atomic E-state index is 0.542. The molecule has 0 spiro atoms. The van der Waals surface area contributed by atoms with Crippen LogP contribution in [0.25, 0.3) is 0 Å². The van der Waals surface area contributed by atoms with Crippen LogP contribution in [0.4, 0.5) is 0 Å². The average molecular weight is 202 g/mol. The first-order valence-electron chi connectivity index (χ1n) is 5.79. The van der Waals surface area contributed by atoms with Crippen LogP contribution in [0.3, 0.4) is 0 Å². The predicted octanol–water partition coefficient (Wildman–Crippen LogP) is 3.36. The molecule has 2 nitrogen and oxygen atoms in total. The Morgan fingerprint density at radius 2 is 2.13 bits per heavy atom. The van der Waals surface area contributed by atoms with E-state index in [9.17, 15) is 0 Å². The molecule has 1 heterocycles. The topological polar surface area (TPSA) is 28.7 Å². The Morgan fingerprint density at radius 3 is 2.80 bits per heavy atom. The third-order valence-electron chi connectivity index (χ3n) is 3.86.